The van der Waals surface area contributed by atoms with Crippen LogP contribution in [0.25, 0.3) is 0 Å². The molecule has 0 aromatic heterocycles. The molecule has 0 aromatic carbocycles. The average molecular weight is 191 g/mol. The molecule has 0 saturated heterocycles. The largest absolute Gasteiger partial charge is 0.330 e. The lowest BCUT2D eigenvalue weighted by Crippen LogP contribution is -2.13. The smallest absolute Gasteiger partial charge is 0.00407 e. The number of rotatable bonds is 2. The van der Waals surface area contributed by atoms with E-state index in [0.29, 0.717) is 5.41 Å². The lowest BCUT2D eigenvalue weighted by atomic mass is 9.86. The summed E-state index contributed by atoms with van der Waals surface area (Å²) in [6, 6.07) is 0. The summed E-state index contributed by atoms with van der Waals surface area (Å²) in [7, 11) is 0. The van der Waals surface area contributed by atoms with Crippen molar-refractivity contribution in [2.75, 3.05) is 6.54 Å². The molecule has 0 heterocycles. The van der Waals surface area contributed by atoms with E-state index in [2.05, 4.69) is 26.0 Å². The first-order valence-electron chi connectivity index (χ1n) is 6.03. The number of fused-ring (bicyclic) bond motifs is 2. The molecule has 3 unspecified atom stereocenters. The Morgan fingerprint density at radius 1 is 1.29 bits per heavy atom. The summed E-state index contributed by atoms with van der Waals surface area (Å²) in [5.74, 6) is 4.52. The Morgan fingerprint density at radius 3 is 2.50 bits per heavy atom. The van der Waals surface area contributed by atoms with Crippen LogP contribution in [0.5, 0.6) is 0 Å². The summed E-state index contributed by atoms with van der Waals surface area (Å²) in [5, 5.41) is 0. The summed E-state index contributed by atoms with van der Waals surface area (Å²) in [5.41, 5.74) is 6.39. The Morgan fingerprint density at radius 2 is 2.07 bits per heavy atom. The van der Waals surface area contributed by atoms with Crippen LogP contribution in [0, 0.1) is 35.0 Å². The van der Waals surface area contributed by atoms with E-state index >= 15 is 0 Å². The number of hydrogen-bond acceptors (Lipinski definition) is 1. The fraction of sp³-hybridized carbons (Fsp3) is 0.846. The maximum absolute atomic E-state index is 5.85. The third kappa shape index (κ3) is 0.995. The zero-order valence-electron chi connectivity index (χ0n) is 9.24. The van der Waals surface area contributed by atoms with Gasteiger partial charge in [0.2, 0.25) is 0 Å². The highest BCUT2D eigenvalue weighted by atomic mass is 14.7. The molecule has 5 atom stereocenters. The molecular weight excluding hydrogens is 170 g/mol. The molecule has 2 N–H and O–H groups in total. The average Bonchev–Trinajstić information content (AvgIpc) is 2.61. The molecule has 2 bridgehead atoms. The summed E-state index contributed by atoms with van der Waals surface area (Å²) in [4.78, 5) is 0. The van der Waals surface area contributed by atoms with Crippen molar-refractivity contribution in [1.82, 2.24) is 0 Å². The van der Waals surface area contributed by atoms with Crippen LogP contribution in [0.4, 0.5) is 0 Å². The molecule has 78 valence electrons. The van der Waals surface area contributed by atoms with Crippen LogP contribution in [-0.2, 0) is 0 Å². The van der Waals surface area contributed by atoms with Gasteiger partial charge in [0.1, 0.15) is 0 Å². The Bertz CT molecular complexity index is 279. The van der Waals surface area contributed by atoms with Gasteiger partial charge in [-0.15, -0.1) is 0 Å². The Labute approximate surface area is 86.8 Å². The minimum atomic E-state index is 0.539. The molecule has 14 heavy (non-hydrogen) atoms. The molecule has 2 fully saturated rings. The predicted molar refractivity (Wildman–Crippen MR) is 58.7 cm³/mol. The maximum Gasteiger partial charge on any atom is -0.00407 e. The molecule has 0 spiro atoms. The minimum absolute atomic E-state index is 0.539. The van der Waals surface area contributed by atoms with Gasteiger partial charge < -0.3 is 5.73 Å². The fourth-order valence-electron chi connectivity index (χ4n) is 4.32. The third-order valence-electron chi connectivity index (χ3n) is 5.18. The van der Waals surface area contributed by atoms with Gasteiger partial charge in [0, 0.05) is 0 Å². The van der Waals surface area contributed by atoms with Gasteiger partial charge in [0.15, 0.2) is 0 Å². The van der Waals surface area contributed by atoms with Gasteiger partial charge in [0.25, 0.3) is 0 Å². The van der Waals surface area contributed by atoms with E-state index in [1.54, 1.807) is 0 Å². The highest BCUT2D eigenvalue weighted by Gasteiger charge is 2.62. The molecule has 0 aromatic rings. The Hall–Kier alpha value is -0.300. The normalized spacial score (nSPS) is 52.6. The second kappa shape index (κ2) is 2.63. The molecule has 1 heteroatoms. The van der Waals surface area contributed by atoms with Crippen LogP contribution >= 0.6 is 0 Å². The van der Waals surface area contributed by atoms with Crippen LogP contribution < -0.4 is 5.73 Å². The Kier molecular flexibility index (Phi) is 1.69. The van der Waals surface area contributed by atoms with Crippen molar-refractivity contribution in [2.45, 2.75) is 26.7 Å². The van der Waals surface area contributed by atoms with Crippen molar-refractivity contribution >= 4 is 0 Å². The summed E-state index contributed by atoms with van der Waals surface area (Å²) >= 11 is 0. The second-order valence-electron chi connectivity index (χ2n) is 6.13. The predicted octanol–water partition coefficient (Wildman–Crippen LogP) is 2.43. The molecule has 0 radical (unpaired) electrons. The monoisotopic (exact) mass is 191 g/mol. The van der Waals surface area contributed by atoms with E-state index < -0.39 is 0 Å². The van der Waals surface area contributed by atoms with Gasteiger partial charge in [-0.25, -0.2) is 0 Å². The first kappa shape index (κ1) is 8.96. The SMILES string of the molecule is CC1(C)[C@H](CN)[C@H]1C1CC2C=CC1C2. The highest BCUT2D eigenvalue weighted by molar-refractivity contribution is 5.18. The number of nitrogens with two attached hydrogens (primary N) is 1. The fourth-order valence-corrected chi connectivity index (χ4v) is 4.32. The van der Waals surface area contributed by atoms with Crippen molar-refractivity contribution in [2.24, 2.45) is 40.7 Å². The van der Waals surface area contributed by atoms with Gasteiger partial charge in [-0.1, -0.05) is 26.0 Å². The van der Waals surface area contributed by atoms with Gasteiger partial charge in [-0.3, -0.25) is 0 Å². The standard InChI is InChI=1S/C13H21N/c1-13(2)11(7-14)12(13)10-6-8-3-4-9(10)5-8/h3-4,8-12H,5-7,14H2,1-2H3/t8?,9?,10?,11-,12-/m1/s1. The lowest BCUT2D eigenvalue weighted by Gasteiger charge is -2.19. The molecule has 3 rings (SSSR count). The third-order valence-corrected chi connectivity index (χ3v) is 5.18. The van der Waals surface area contributed by atoms with Crippen molar-refractivity contribution in [1.29, 1.82) is 0 Å². The molecule has 0 aliphatic heterocycles. The molecule has 0 amide bonds. The van der Waals surface area contributed by atoms with Crippen molar-refractivity contribution < 1.29 is 0 Å². The van der Waals surface area contributed by atoms with Gasteiger partial charge in [0.05, 0.1) is 0 Å². The van der Waals surface area contributed by atoms with E-state index in [4.69, 9.17) is 5.73 Å². The minimum Gasteiger partial charge on any atom is -0.330 e. The van der Waals surface area contributed by atoms with Crippen molar-refractivity contribution in [3.05, 3.63) is 12.2 Å². The molecule has 3 aliphatic carbocycles. The van der Waals surface area contributed by atoms with Crippen LogP contribution in [0.1, 0.15) is 26.7 Å². The van der Waals surface area contributed by atoms with E-state index in [1.807, 2.05) is 0 Å². The van der Waals surface area contributed by atoms with E-state index in [9.17, 15) is 0 Å². The summed E-state index contributed by atoms with van der Waals surface area (Å²) < 4.78 is 0. The lowest BCUT2D eigenvalue weighted by molar-refractivity contribution is 0.340. The molecule has 1 nitrogen and oxygen atoms in total. The highest BCUT2D eigenvalue weighted by Crippen LogP contribution is 2.66. The zero-order chi connectivity index (χ0) is 9.92. The van der Waals surface area contributed by atoms with E-state index in [0.717, 1.165) is 36.1 Å². The molecular formula is C13H21N. The van der Waals surface area contributed by atoms with E-state index in [-0.39, 0.29) is 0 Å². The topological polar surface area (TPSA) is 26.0 Å². The van der Waals surface area contributed by atoms with Crippen LogP contribution in [0.2, 0.25) is 0 Å². The van der Waals surface area contributed by atoms with Crippen molar-refractivity contribution in [3.8, 4) is 0 Å². The maximum atomic E-state index is 5.85. The van der Waals surface area contributed by atoms with Crippen LogP contribution in [0.15, 0.2) is 12.2 Å². The number of hydrogen-bond donors (Lipinski definition) is 1. The zero-order valence-corrected chi connectivity index (χ0v) is 9.24. The first-order chi connectivity index (χ1) is 6.64. The van der Waals surface area contributed by atoms with Crippen LogP contribution in [-0.4, -0.2) is 6.54 Å². The van der Waals surface area contributed by atoms with Gasteiger partial charge in [-0.05, 0) is 54.4 Å². The molecule has 2 saturated carbocycles. The summed E-state index contributed by atoms with van der Waals surface area (Å²) in [6.45, 7) is 5.71. The first-order valence-corrected chi connectivity index (χ1v) is 6.03. The van der Waals surface area contributed by atoms with Crippen molar-refractivity contribution in [3.63, 3.8) is 0 Å². The van der Waals surface area contributed by atoms with E-state index in [1.165, 1.54) is 12.8 Å². The summed E-state index contributed by atoms with van der Waals surface area (Å²) in [6.07, 6.45) is 7.80. The quantitative estimate of drug-likeness (QED) is 0.667. The number of allylic oxidation sites excluding steroid dienone is 2. The second-order valence-corrected chi connectivity index (χ2v) is 6.13. The molecule has 3 aliphatic rings. The van der Waals surface area contributed by atoms with Crippen LogP contribution in [0.3, 0.4) is 0 Å². The van der Waals surface area contributed by atoms with Gasteiger partial charge >= 0.3 is 0 Å². The van der Waals surface area contributed by atoms with Gasteiger partial charge in [-0.2, -0.15) is 0 Å². The Balaban J connectivity index is 1.77.